The average Bonchev–Trinajstić information content (AvgIpc) is 3.26. The van der Waals surface area contributed by atoms with Crippen molar-refractivity contribution in [3.63, 3.8) is 0 Å². The molecule has 0 fully saturated rings. The maximum Gasteiger partial charge on any atom is 0.294 e. The summed E-state index contributed by atoms with van der Waals surface area (Å²) in [6.45, 7) is 0. The number of benzene rings is 2. The number of hydrogen-bond acceptors (Lipinski definition) is 8. The van der Waals surface area contributed by atoms with E-state index in [-0.39, 0.29) is 10.9 Å². The van der Waals surface area contributed by atoms with Crippen molar-refractivity contribution >= 4 is 32.9 Å². The summed E-state index contributed by atoms with van der Waals surface area (Å²) in [6, 6.07) is 9.69. The molecule has 1 atom stereocenters. The van der Waals surface area contributed by atoms with Gasteiger partial charge in [0.15, 0.2) is 0 Å². The summed E-state index contributed by atoms with van der Waals surface area (Å²) in [4.78, 5) is 6.10. The monoisotopic (exact) mass is 431 g/mol. The molecular weight excluding hydrogens is 414 g/mol. The molecule has 1 N–H and O–H groups in total. The van der Waals surface area contributed by atoms with Crippen LogP contribution in [0, 0.1) is 0 Å². The van der Waals surface area contributed by atoms with E-state index in [0.717, 1.165) is 11.1 Å². The fourth-order valence-corrected chi connectivity index (χ4v) is 4.38. The third kappa shape index (κ3) is 3.57. The molecule has 0 spiro atoms. The van der Waals surface area contributed by atoms with Crippen molar-refractivity contribution < 1.29 is 22.4 Å². The van der Waals surface area contributed by atoms with E-state index in [2.05, 4.69) is 9.36 Å². The molecule has 0 bridgehead atoms. The molecule has 2 heterocycles. The summed E-state index contributed by atoms with van der Waals surface area (Å²) < 4.78 is 47.5. The molecule has 8 nitrogen and oxygen atoms in total. The van der Waals surface area contributed by atoms with Crippen LogP contribution in [0.5, 0.6) is 11.5 Å². The zero-order chi connectivity index (χ0) is 20.6. The molecule has 10 heteroatoms. The van der Waals surface area contributed by atoms with Gasteiger partial charge in [-0.1, -0.05) is 6.07 Å². The molecule has 150 valence electrons. The number of methoxy groups -OCH3 is 2. The molecule has 0 saturated heterocycles. The average molecular weight is 431 g/mol. The lowest BCUT2D eigenvalue weighted by molar-refractivity contribution is 0.389. The first-order valence-electron chi connectivity index (χ1n) is 8.49. The van der Waals surface area contributed by atoms with Crippen LogP contribution >= 0.6 is 11.5 Å². The van der Waals surface area contributed by atoms with Crippen LogP contribution in [0.25, 0.3) is 6.08 Å². The largest absolute Gasteiger partial charge is 0.497 e. The number of anilines is 1. The Morgan fingerprint density at radius 2 is 1.90 bits per heavy atom. The van der Waals surface area contributed by atoms with E-state index in [1.54, 1.807) is 32.4 Å². The zero-order valence-corrected chi connectivity index (χ0v) is 17.1. The van der Waals surface area contributed by atoms with Crippen LogP contribution in [0.15, 0.2) is 53.8 Å². The topological polar surface area (TPSA) is 102 Å². The molecule has 1 aromatic heterocycles. The summed E-state index contributed by atoms with van der Waals surface area (Å²) in [6.07, 6.45) is 5.07. The highest BCUT2D eigenvalue weighted by molar-refractivity contribution is 7.85. The lowest BCUT2D eigenvalue weighted by Crippen LogP contribution is -2.27. The van der Waals surface area contributed by atoms with Crippen molar-refractivity contribution in [1.82, 2.24) is 9.36 Å². The molecule has 1 unspecified atom stereocenters. The van der Waals surface area contributed by atoms with Crippen molar-refractivity contribution in [2.24, 2.45) is 0 Å². The number of rotatable bonds is 5. The lowest BCUT2D eigenvalue weighted by Gasteiger charge is -2.34. The summed E-state index contributed by atoms with van der Waals surface area (Å²) in [5, 5.41) is 0.675. The van der Waals surface area contributed by atoms with Crippen LogP contribution in [-0.2, 0) is 10.1 Å². The van der Waals surface area contributed by atoms with Gasteiger partial charge in [-0.15, -0.1) is 0 Å². The van der Waals surface area contributed by atoms with Gasteiger partial charge in [-0.25, -0.2) is 4.98 Å². The van der Waals surface area contributed by atoms with E-state index in [4.69, 9.17) is 9.47 Å². The number of nitrogens with zero attached hydrogens (tertiary/aromatic N) is 3. The fourth-order valence-electron chi connectivity index (χ4n) is 3.32. The van der Waals surface area contributed by atoms with E-state index < -0.39 is 10.1 Å². The van der Waals surface area contributed by atoms with Gasteiger partial charge < -0.3 is 14.4 Å². The SMILES string of the molecule is COc1ccc(C2c3ccc(S(=O)(=O)O)cc3C=CN2c2ncns2)c(OC)c1. The van der Waals surface area contributed by atoms with Crippen LogP contribution in [-0.4, -0.2) is 36.5 Å². The third-order valence-electron chi connectivity index (χ3n) is 4.65. The molecule has 4 rings (SSSR count). The number of ether oxygens (including phenoxy) is 2. The van der Waals surface area contributed by atoms with Gasteiger partial charge in [-0.3, -0.25) is 4.55 Å². The molecule has 1 aliphatic rings. The van der Waals surface area contributed by atoms with Gasteiger partial charge in [0.1, 0.15) is 17.8 Å². The Hall–Kier alpha value is -2.95. The minimum absolute atomic E-state index is 0.161. The molecule has 2 aromatic carbocycles. The van der Waals surface area contributed by atoms with Crippen LogP contribution in [0.3, 0.4) is 0 Å². The van der Waals surface area contributed by atoms with Crippen molar-refractivity contribution in [1.29, 1.82) is 0 Å². The van der Waals surface area contributed by atoms with Crippen LogP contribution in [0.1, 0.15) is 22.7 Å². The standard InChI is InChI=1S/C19H17N3O5S2/c1-26-13-3-5-16(17(10-13)27-2)18-15-6-4-14(29(23,24)25)9-12(15)7-8-22(18)19-20-11-21-28-19/h3-11,18H,1-2H3,(H,23,24,25). The quantitative estimate of drug-likeness (QED) is 0.614. The highest BCUT2D eigenvalue weighted by atomic mass is 32.2. The van der Waals surface area contributed by atoms with Crippen molar-refractivity contribution in [2.45, 2.75) is 10.9 Å². The van der Waals surface area contributed by atoms with Crippen molar-refractivity contribution in [3.8, 4) is 11.5 Å². The minimum atomic E-state index is -4.31. The van der Waals surface area contributed by atoms with Gasteiger partial charge in [-0.05, 0) is 41.5 Å². The van der Waals surface area contributed by atoms with Gasteiger partial charge in [0.05, 0.1) is 25.2 Å². The zero-order valence-electron chi connectivity index (χ0n) is 15.5. The Morgan fingerprint density at radius 3 is 2.55 bits per heavy atom. The summed E-state index contributed by atoms with van der Waals surface area (Å²) in [7, 11) is -1.15. The second kappa shape index (κ2) is 7.47. The molecule has 1 aliphatic heterocycles. The maximum atomic E-state index is 11.6. The number of fused-ring (bicyclic) bond motifs is 1. The molecule has 0 amide bonds. The summed E-state index contributed by atoms with van der Waals surface area (Å²) >= 11 is 1.24. The predicted molar refractivity (Wildman–Crippen MR) is 109 cm³/mol. The number of hydrogen-bond donors (Lipinski definition) is 1. The second-order valence-corrected chi connectivity index (χ2v) is 8.40. The third-order valence-corrected chi connectivity index (χ3v) is 6.18. The normalized spacial score (nSPS) is 15.8. The highest BCUT2D eigenvalue weighted by Gasteiger charge is 2.31. The Balaban J connectivity index is 1.92. The van der Waals surface area contributed by atoms with Crippen LogP contribution < -0.4 is 14.4 Å². The molecule has 0 saturated carbocycles. The molecule has 0 radical (unpaired) electrons. The Kier molecular flexibility index (Phi) is 4.99. The second-order valence-electron chi connectivity index (χ2n) is 6.22. The Morgan fingerprint density at radius 1 is 1.10 bits per heavy atom. The smallest absolute Gasteiger partial charge is 0.294 e. The summed E-state index contributed by atoms with van der Waals surface area (Å²) in [5.74, 6) is 1.27. The van der Waals surface area contributed by atoms with E-state index in [0.29, 0.717) is 22.2 Å². The van der Waals surface area contributed by atoms with Crippen molar-refractivity contribution in [2.75, 3.05) is 19.1 Å². The molecule has 3 aromatic rings. The van der Waals surface area contributed by atoms with E-state index in [1.165, 1.54) is 30.0 Å². The van der Waals surface area contributed by atoms with Crippen LogP contribution in [0.2, 0.25) is 0 Å². The fraction of sp³-hybridized carbons (Fsp3) is 0.158. The van der Waals surface area contributed by atoms with Gasteiger partial charge in [0.25, 0.3) is 10.1 Å². The van der Waals surface area contributed by atoms with Gasteiger partial charge >= 0.3 is 0 Å². The Bertz CT molecular complexity index is 1180. The van der Waals surface area contributed by atoms with Gasteiger partial charge in [-0.2, -0.15) is 12.8 Å². The van der Waals surface area contributed by atoms with Gasteiger partial charge in [0, 0.05) is 29.4 Å². The molecular formula is C19H17N3O5S2. The predicted octanol–water partition coefficient (Wildman–Crippen LogP) is 3.38. The van der Waals surface area contributed by atoms with E-state index >= 15 is 0 Å². The molecule has 29 heavy (non-hydrogen) atoms. The highest BCUT2D eigenvalue weighted by Crippen LogP contribution is 2.43. The van der Waals surface area contributed by atoms with Gasteiger partial charge in [0.2, 0.25) is 5.13 Å². The Labute approximate surface area is 172 Å². The van der Waals surface area contributed by atoms with E-state index in [1.807, 2.05) is 23.2 Å². The van der Waals surface area contributed by atoms with Crippen molar-refractivity contribution in [3.05, 3.63) is 65.6 Å². The first-order chi connectivity index (χ1) is 13.9. The molecule has 0 aliphatic carbocycles. The first-order valence-corrected chi connectivity index (χ1v) is 10.7. The minimum Gasteiger partial charge on any atom is -0.497 e. The number of aromatic nitrogens is 2. The summed E-state index contributed by atoms with van der Waals surface area (Å²) in [5.41, 5.74) is 2.34. The van der Waals surface area contributed by atoms with E-state index in [9.17, 15) is 13.0 Å². The lowest BCUT2D eigenvalue weighted by atomic mass is 9.90. The maximum absolute atomic E-state index is 11.6. The van der Waals surface area contributed by atoms with Crippen LogP contribution in [0.4, 0.5) is 5.13 Å². The first kappa shape index (κ1) is 19.4.